The average Bonchev–Trinajstić information content (AvgIpc) is 3.25. The maximum Gasteiger partial charge on any atom is 0.225 e. The van der Waals surface area contributed by atoms with Crippen LogP contribution in [0.15, 0.2) is 30.3 Å². The van der Waals surface area contributed by atoms with Crippen LogP contribution in [0.4, 0.5) is 0 Å². The van der Waals surface area contributed by atoms with Gasteiger partial charge in [0.05, 0.1) is 26.1 Å². The van der Waals surface area contributed by atoms with E-state index in [4.69, 9.17) is 0 Å². The molecular weight excluding hydrogens is 314 g/mol. The van der Waals surface area contributed by atoms with Crippen LogP contribution in [0.25, 0.3) is 0 Å². The summed E-state index contributed by atoms with van der Waals surface area (Å²) in [4.78, 5) is 27.9. The molecule has 0 aromatic heterocycles. The highest BCUT2D eigenvalue weighted by molar-refractivity contribution is 5.89. The van der Waals surface area contributed by atoms with E-state index in [1.807, 2.05) is 11.0 Å². The zero-order chi connectivity index (χ0) is 17.6. The third kappa shape index (κ3) is 4.82. The van der Waals surface area contributed by atoms with Crippen molar-refractivity contribution in [3.8, 4) is 0 Å². The van der Waals surface area contributed by atoms with Gasteiger partial charge in [-0.15, -0.1) is 0 Å². The van der Waals surface area contributed by atoms with Crippen molar-refractivity contribution in [1.82, 2.24) is 10.2 Å². The number of likely N-dealkylation sites (N-methyl/N-ethyl adjacent to an activating group) is 1. The highest BCUT2D eigenvalue weighted by atomic mass is 16.2. The maximum absolute atomic E-state index is 12.4. The van der Waals surface area contributed by atoms with Gasteiger partial charge < -0.3 is 15.1 Å². The highest BCUT2D eigenvalue weighted by Gasteiger charge is 2.38. The molecule has 2 fully saturated rings. The Morgan fingerprint density at radius 3 is 2.68 bits per heavy atom. The minimum Gasteiger partial charge on any atom is -0.350 e. The molecule has 5 heteroatoms. The van der Waals surface area contributed by atoms with Crippen LogP contribution in [0.5, 0.6) is 0 Å². The Kier molecular flexibility index (Phi) is 6.08. The lowest BCUT2D eigenvalue weighted by atomic mass is 10.1. The van der Waals surface area contributed by atoms with Crippen molar-refractivity contribution >= 4 is 11.8 Å². The molecular formula is C20H30N3O2+. The quantitative estimate of drug-likeness (QED) is 0.761. The molecule has 0 spiro atoms. The third-order valence-electron chi connectivity index (χ3n) is 5.49. The van der Waals surface area contributed by atoms with Crippen molar-refractivity contribution in [2.75, 3.05) is 26.7 Å². The predicted molar refractivity (Wildman–Crippen MR) is 97.0 cm³/mol. The lowest BCUT2D eigenvalue weighted by molar-refractivity contribution is -0.892. The Balaban J connectivity index is 1.38. The van der Waals surface area contributed by atoms with E-state index in [2.05, 4.69) is 36.6 Å². The smallest absolute Gasteiger partial charge is 0.225 e. The number of nitrogens with one attached hydrogen (secondary N) is 2. The first-order valence-corrected chi connectivity index (χ1v) is 9.56. The van der Waals surface area contributed by atoms with E-state index in [0.29, 0.717) is 25.6 Å². The van der Waals surface area contributed by atoms with Gasteiger partial charge in [-0.05, 0) is 12.8 Å². The van der Waals surface area contributed by atoms with E-state index < -0.39 is 0 Å². The van der Waals surface area contributed by atoms with Gasteiger partial charge in [-0.3, -0.25) is 9.59 Å². The summed E-state index contributed by atoms with van der Waals surface area (Å²) in [6.45, 7) is 3.11. The van der Waals surface area contributed by atoms with Crippen LogP contribution in [0.3, 0.4) is 0 Å². The number of carbonyl (C=O) groups is 2. The number of hydrogen-bond acceptors (Lipinski definition) is 2. The minimum atomic E-state index is -0.164. The molecule has 2 aliphatic rings. The molecule has 3 rings (SSSR count). The van der Waals surface area contributed by atoms with Crippen molar-refractivity contribution < 1.29 is 14.5 Å². The van der Waals surface area contributed by atoms with E-state index in [9.17, 15) is 9.59 Å². The first kappa shape index (κ1) is 17.9. The Bertz CT molecular complexity index is 584. The van der Waals surface area contributed by atoms with Crippen LogP contribution in [0, 0.1) is 5.92 Å². The fraction of sp³-hybridized carbons (Fsp3) is 0.600. The molecule has 2 unspecified atom stereocenters. The number of amides is 2. The SMILES string of the molecule is C[NH+](CCNC(=O)C1CC(=O)N(C2CCCC2)C1)Cc1ccccc1. The standard InChI is InChI=1S/C20H29N3O2/c1-22(14-16-7-3-2-4-8-16)12-11-21-20(25)17-13-19(24)23(15-17)18-9-5-6-10-18/h2-4,7-8,17-18H,5-6,9-15H2,1H3,(H,21,25)/p+1. The van der Waals surface area contributed by atoms with Gasteiger partial charge in [0.1, 0.15) is 6.54 Å². The zero-order valence-corrected chi connectivity index (χ0v) is 15.2. The molecule has 2 N–H and O–H groups in total. The number of rotatable bonds is 7. The van der Waals surface area contributed by atoms with Gasteiger partial charge in [0.15, 0.2) is 0 Å². The fourth-order valence-electron chi connectivity index (χ4n) is 4.05. The second-order valence-electron chi connectivity index (χ2n) is 7.55. The van der Waals surface area contributed by atoms with Gasteiger partial charge in [0, 0.05) is 24.6 Å². The molecule has 2 atom stereocenters. The van der Waals surface area contributed by atoms with E-state index in [0.717, 1.165) is 25.9 Å². The van der Waals surface area contributed by atoms with Crippen molar-refractivity contribution in [3.05, 3.63) is 35.9 Å². The third-order valence-corrected chi connectivity index (χ3v) is 5.49. The first-order chi connectivity index (χ1) is 12.1. The Morgan fingerprint density at radius 1 is 1.24 bits per heavy atom. The summed E-state index contributed by atoms with van der Waals surface area (Å²) in [7, 11) is 2.14. The molecule has 1 saturated heterocycles. The van der Waals surface area contributed by atoms with E-state index in [1.54, 1.807) is 0 Å². The predicted octanol–water partition coefficient (Wildman–Crippen LogP) is 0.609. The number of benzene rings is 1. The van der Waals surface area contributed by atoms with Crippen LogP contribution in [0.2, 0.25) is 0 Å². The van der Waals surface area contributed by atoms with Crippen LogP contribution >= 0.6 is 0 Å². The molecule has 1 saturated carbocycles. The van der Waals surface area contributed by atoms with Crippen molar-refractivity contribution in [2.24, 2.45) is 5.92 Å². The van der Waals surface area contributed by atoms with E-state index in [1.165, 1.54) is 23.3 Å². The Hall–Kier alpha value is -1.88. The lowest BCUT2D eigenvalue weighted by Gasteiger charge is -2.23. The maximum atomic E-state index is 12.4. The largest absolute Gasteiger partial charge is 0.350 e. The van der Waals surface area contributed by atoms with Crippen LogP contribution in [-0.2, 0) is 16.1 Å². The zero-order valence-electron chi connectivity index (χ0n) is 15.2. The summed E-state index contributed by atoms with van der Waals surface area (Å²) in [5.41, 5.74) is 1.31. The first-order valence-electron chi connectivity index (χ1n) is 9.56. The summed E-state index contributed by atoms with van der Waals surface area (Å²) in [6, 6.07) is 10.8. The summed E-state index contributed by atoms with van der Waals surface area (Å²) in [5, 5.41) is 3.03. The average molecular weight is 344 g/mol. The molecule has 0 radical (unpaired) electrons. The second-order valence-corrected chi connectivity index (χ2v) is 7.55. The summed E-state index contributed by atoms with van der Waals surface area (Å²) < 4.78 is 0. The highest BCUT2D eigenvalue weighted by Crippen LogP contribution is 2.29. The fourth-order valence-corrected chi connectivity index (χ4v) is 4.05. The molecule has 25 heavy (non-hydrogen) atoms. The molecule has 1 aliphatic heterocycles. The normalized spacial score (nSPS) is 22.4. The number of likely N-dealkylation sites (tertiary alicyclic amines) is 1. The topological polar surface area (TPSA) is 53.9 Å². The number of nitrogens with zero attached hydrogens (tertiary/aromatic N) is 1. The Labute approximate surface area is 150 Å². The number of carbonyl (C=O) groups excluding carboxylic acids is 2. The lowest BCUT2D eigenvalue weighted by Crippen LogP contribution is -3.08. The van der Waals surface area contributed by atoms with Gasteiger partial charge in [-0.1, -0.05) is 43.2 Å². The number of hydrogen-bond donors (Lipinski definition) is 2. The van der Waals surface area contributed by atoms with Gasteiger partial charge in [-0.25, -0.2) is 0 Å². The van der Waals surface area contributed by atoms with E-state index >= 15 is 0 Å². The van der Waals surface area contributed by atoms with Crippen molar-refractivity contribution in [1.29, 1.82) is 0 Å². The summed E-state index contributed by atoms with van der Waals surface area (Å²) in [6.07, 6.45) is 5.01. The Morgan fingerprint density at radius 2 is 1.96 bits per heavy atom. The monoisotopic (exact) mass is 344 g/mol. The molecule has 5 nitrogen and oxygen atoms in total. The molecule has 0 bridgehead atoms. The molecule has 1 aromatic rings. The van der Waals surface area contributed by atoms with Crippen LogP contribution < -0.4 is 10.2 Å². The van der Waals surface area contributed by atoms with Gasteiger partial charge >= 0.3 is 0 Å². The van der Waals surface area contributed by atoms with E-state index in [-0.39, 0.29) is 17.7 Å². The van der Waals surface area contributed by atoms with Crippen LogP contribution in [-0.4, -0.2) is 49.4 Å². The van der Waals surface area contributed by atoms with Gasteiger partial charge in [0.2, 0.25) is 11.8 Å². The van der Waals surface area contributed by atoms with Gasteiger partial charge in [0.25, 0.3) is 0 Å². The van der Waals surface area contributed by atoms with Gasteiger partial charge in [-0.2, -0.15) is 0 Å². The summed E-state index contributed by atoms with van der Waals surface area (Å²) in [5.74, 6) is 0.0442. The molecule has 136 valence electrons. The van der Waals surface area contributed by atoms with Crippen molar-refractivity contribution in [2.45, 2.75) is 44.7 Å². The molecule has 2 amide bonds. The second kappa shape index (κ2) is 8.48. The molecule has 1 heterocycles. The molecule has 1 aliphatic carbocycles. The minimum absolute atomic E-state index is 0.0429. The number of quaternary nitrogens is 1. The summed E-state index contributed by atoms with van der Waals surface area (Å²) >= 11 is 0. The van der Waals surface area contributed by atoms with Crippen LogP contribution in [0.1, 0.15) is 37.7 Å². The van der Waals surface area contributed by atoms with Crippen molar-refractivity contribution in [3.63, 3.8) is 0 Å². The molecule has 1 aromatic carbocycles.